The van der Waals surface area contributed by atoms with E-state index in [2.05, 4.69) is 58.9 Å². The van der Waals surface area contributed by atoms with Gasteiger partial charge in [0.2, 0.25) is 0 Å². The van der Waals surface area contributed by atoms with Crippen LogP contribution in [0.1, 0.15) is 60.3 Å². The van der Waals surface area contributed by atoms with Crippen LogP contribution in [0.3, 0.4) is 0 Å². The predicted octanol–water partition coefficient (Wildman–Crippen LogP) is 6.35. The molecule has 2 rings (SSSR count). The van der Waals surface area contributed by atoms with Crippen LogP contribution < -0.4 is 0 Å². The second kappa shape index (κ2) is 9.01. The first-order valence-corrected chi connectivity index (χ1v) is 7.52. The van der Waals surface area contributed by atoms with E-state index in [0.29, 0.717) is 0 Å². The summed E-state index contributed by atoms with van der Waals surface area (Å²) in [4.78, 5) is 0. The Morgan fingerprint density at radius 1 is 1.05 bits per heavy atom. The quantitative estimate of drug-likeness (QED) is 0.262. The fourth-order valence-corrected chi connectivity index (χ4v) is 2.52. The predicted molar refractivity (Wildman–Crippen MR) is 86.1 cm³/mol. The van der Waals surface area contributed by atoms with Gasteiger partial charge in [-0.1, -0.05) is 62.9 Å². The molecule has 2 aliphatic carbocycles. The molecule has 2 aliphatic rings. The van der Waals surface area contributed by atoms with Gasteiger partial charge in [-0.2, -0.15) is 11.1 Å². The Labute approximate surface area is 142 Å². The van der Waals surface area contributed by atoms with Crippen LogP contribution in [-0.4, -0.2) is 0 Å². The van der Waals surface area contributed by atoms with Gasteiger partial charge in [0.25, 0.3) is 0 Å². The van der Waals surface area contributed by atoms with Crippen molar-refractivity contribution in [2.45, 2.75) is 60.3 Å². The summed E-state index contributed by atoms with van der Waals surface area (Å²) in [6, 6.07) is 0. The zero-order chi connectivity index (χ0) is 14.5. The number of rotatable bonds is 0. The maximum atomic E-state index is 5.82. The number of halogens is 1. The molecular weight excluding hydrogens is 353 g/mol. The molecule has 0 bridgehead atoms. The number of hydrogen-bond acceptors (Lipinski definition) is 0. The third-order valence-corrected chi connectivity index (χ3v) is 4.32. The summed E-state index contributed by atoms with van der Waals surface area (Å²) in [7, 11) is 0. The van der Waals surface area contributed by atoms with E-state index in [1.165, 1.54) is 16.7 Å². The molecule has 0 atom stereocenters. The maximum Gasteiger partial charge on any atom is 1.00 e. The summed E-state index contributed by atoms with van der Waals surface area (Å²) >= 11 is 5.82. The van der Waals surface area contributed by atoms with E-state index in [0.717, 1.165) is 30.7 Å². The average Bonchev–Trinajstić information content (AvgIpc) is 2.48. The number of hydrogen-bond donors (Lipinski definition) is 0. The first kappa shape index (κ1) is 19.9. The van der Waals surface area contributed by atoms with Crippen LogP contribution in [0.15, 0.2) is 40.0 Å². The molecule has 0 saturated heterocycles. The molecule has 0 aromatic heterocycles. The van der Waals surface area contributed by atoms with Gasteiger partial charge in [0.05, 0.1) is 0 Å². The van der Waals surface area contributed by atoms with Crippen molar-refractivity contribution < 1.29 is 19.5 Å². The van der Waals surface area contributed by atoms with Crippen LogP contribution in [0, 0.1) is 11.5 Å². The van der Waals surface area contributed by atoms with Crippen LogP contribution >= 0.6 is 11.6 Å². The van der Waals surface area contributed by atoms with Gasteiger partial charge in [0.1, 0.15) is 0 Å². The van der Waals surface area contributed by atoms with Gasteiger partial charge in [-0.3, -0.25) is 6.08 Å². The van der Waals surface area contributed by atoms with Gasteiger partial charge >= 0.3 is 19.5 Å². The Bertz CT molecular complexity index is 436. The average molecular weight is 379 g/mol. The molecule has 0 nitrogen and oxygen atoms in total. The molecular formula is C18H26ClRu. The van der Waals surface area contributed by atoms with Crippen LogP contribution in [0.25, 0.3) is 0 Å². The standard InChI is InChI=1S/C10H15.C8H11Cl.Ru/c1-7-6-10(4,5)9(3)8(7)2;9-8-6-4-2-1-3-5-7-8;/h1-5H3;1-2,7H,3-6H2;/q-1;;+1. The molecule has 0 aromatic rings. The molecule has 0 amide bonds. The Morgan fingerprint density at radius 2 is 1.65 bits per heavy atom. The van der Waals surface area contributed by atoms with Gasteiger partial charge < -0.3 is 0 Å². The molecule has 113 valence electrons. The largest absolute Gasteiger partial charge is 1.00 e. The topological polar surface area (TPSA) is 0 Å². The van der Waals surface area contributed by atoms with Crippen molar-refractivity contribution in [1.82, 2.24) is 0 Å². The molecule has 0 heterocycles. The molecule has 0 spiro atoms. The zero-order valence-electron chi connectivity index (χ0n) is 13.3. The zero-order valence-corrected chi connectivity index (χ0v) is 15.8. The van der Waals surface area contributed by atoms with Crippen LogP contribution in [0.5, 0.6) is 0 Å². The molecule has 1 radical (unpaired) electrons. The van der Waals surface area contributed by atoms with E-state index < -0.39 is 0 Å². The Morgan fingerprint density at radius 3 is 2.10 bits per heavy atom. The Hall–Kier alpha value is -0.127. The van der Waals surface area contributed by atoms with Crippen molar-refractivity contribution in [3.63, 3.8) is 0 Å². The van der Waals surface area contributed by atoms with Crippen molar-refractivity contribution in [2.24, 2.45) is 5.41 Å². The summed E-state index contributed by atoms with van der Waals surface area (Å²) < 4.78 is 0. The van der Waals surface area contributed by atoms with Crippen molar-refractivity contribution in [3.05, 3.63) is 46.1 Å². The third-order valence-electron chi connectivity index (χ3n) is 3.98. The summed E-state index contributed by atoms with van der Waals surface area (Å²) in [5.41, 5.74) is 4.39. The number of allylic oxidation sites excluding steroid dienone is 8. The van der Waals surface area contributed by atoms with Gasteiger partial charge in [-0.25, -0.2) is 5.57 Å². The smallest absolute Gasteiger partial charge is 0.263 e. The van der Waals surface area contributed by atoms with E-state index in [-0.39, 0.29) is 24.9 Å². The summed E-state index contributed by atoms with van der Waals surface area (Å²) in [5, 5.41) is 1.03. The fraction of sp³-hybridized carbons (Fsp3) is 0.556. The van der Waals surface area contributed by atoms with Crippen molar-refractivity contribution in [1.29, 1.82) is 0 Å². The Balaban J connectivity index is 0.000000345. The van der Waals surface area contributed by atoms with E-state index in [4.69, 9.17) is 11.6 Å². The molecule has 0 aliphatic heterocycles. The third kappa shape index (κ3) is 6.10. The minimum Gasteiger partial charge on any atom is -0.263 e. The monoisotopic (exact) mass is 379 g/mol. The van der Waals surface area contributed by atoms with E-state index in [1.807, 2.05) is 0 Å². The van der Waals surface area contributed by atoms with Crippen molar-refractivity contribution in [3.8, 4) is 0 Å². The molecule has 0 saturated carbocycles. The second-order valence-corrected chi connectivity index (χ2v) is 6.35. The minimum absolute atomic E-state index is 0. The molecule has 0 fully saturated rings. The van der Waals surface area contributed by atoms with Gasteiger partial charge in [0.15, 0.2) is 0 Å². The van der Waals surface area contributed by atoms with Crippen LogP contribution in [-0.2, 0) is 19.5 Å². The van der Waals surface area contributed by atoms with Gasteiger partial charge in [-0.15, -0.1) is 6.92 Å². The SMILES string of the molecule is CC1=[C-]C(C)(C)C(C)=C1C.ClC1=CCCC=CCC1.[Ru+]. The summed E-state index contributed by atoms with van der Waals surface area (Å²) in [5.74, 6) is 0. The van der Waals surface area contributed by atoms with Crippen LogP contribution in [0.2, 0.25) is 0 Å². The molecule has 2 heteroatoms. The molecule has 0 aromatic carbocycles. The first-order valence-electron chi connectivity index (χ1n) is 7.14. The van der Waals surface area contributed by atoms with Crippen LogP contribution in [0.4, 0.5) is 0 Å². The first-order chi connectivity index (χ1) is 8.84. The van der Waals surface area contributed by atoms with Crippen molar-refractivity contribution >= 4 is 11.6 Å². The van der Waals surface area contributed by atoms with Gasteiger partial charge in [-0.05, 0) is 25.7 Å². The van der Waals surface area contributed by atoms with Gasteiger partial charge in [0, 0.05) is 5.03 Å². The second-order valence-electron chi connectivity index (χ2n) is 5.86. The fourth-order valence-electron chi connectivity index (χ4n) is 2.30. The summed E-state index contributed by atoms with van der Waals surface area (Å²) in [6.45, 7) is 10.9. The summed E-state index contributed by atoms with van der Waals surface area (Å²) in [6.07, 6.45) is 14.4. The molecule has 0 N–H and O–H groups in total. The minimum atomic E-state index is 0. The molecule has 0 unspecified atom stereocenters. The van der Waals surface area contributed by atoms with Crippen molar-refractivity contribution in [2.75, 3.05) is 0 Å². The normalized spacial score (nSPS) is 20.9. The van der Waals surface area contributed by atoms with E-state index in [9.17, 15) is 0 Å². The van der Waals surface area contributed by atoms with E-state index >= 15 is 0 Å². The maximum absolute atomic E-state index is 5.82. The Kier molecular flexibility index (Phi) is 8.95. The molecule has 20 heavy (non-hydrogen) atoms. The van der Waals surface area contributed by atoms with E-state index in [1.54, 1.807) is 0 Å².